The molecule has 0 radical (unpaired) electrons. The van der Waals surface area contributed by atoms with Crippen molar-refractivity contribution in [1.29, 1.82) is 0 Å². The van der Waals surface area contributed by atoms with Crippen LogP contribution in [-0.4, -0.2) is 17.5 Å². The smallest absolute Gasteiger partial charge is 0.248 e. The summed E-state index contributed by atoms with van der Waals surface area (Å²) in [6.45, 7) is 4.71. The first kappa shape index (κ1) is 17.2. The van der Waals surface area contributed by atoms with Crippen molar-refractivity contribution in [3.8, 4) is 5.75 Å². The molecule has 0 spiro atoms. The number of aromatic nitrogens is 1. The van der Waals surface area contributed by atoms with Gasteiger partial charge in [0.1, 0.15) is 10.8 Å². The van der Waals surface area contributed by atoms with Crippen molar-refractivity contribution < 1.29 is 9.53 Å². The Labute approximate surface area is 151 Å². The summed E-state index contributed by atoms with van der Waals surface area (Å²) in [6, 6.07) is 13.6. The number of aryl methyl sites for hydroxylation is 1. The molecule has 5 heteroatoms. The second-order valence-corrected chi connectivity index (χ2v) is 6.73. The van der Waals surface area contributed by atoms with Gasteiger partial charge in [-0.3, -0.25) is 4.79 Å². The van der Waals surface area contributed by atoms with Crippen LogP contribution in [0.2, 0.25) is 0 Å². The summed E-state index contributed by atoms with van der Waals surface area (Å²) in [5.41, 5.74) is 2.70. The minimum Gasteiger partial charge on any atom is -0.494 e. The van der Waals surface area contributed by atoms with Gasteiger partial charge >= 0.3 is 0 Å². The van der Waals surface area contributed by atoms with Gasteiger partial charge in [0.05, 0.1) is 16.8 Å². The van der Waals surface area contributed by atoms with Gasteiger partial charge in [0, 0.05) is 11.8 Å². The summed E-state index contributed by atoms with van der Waals surface area (Å²) < 4.78 is 6.71. The minimum atomic E-state index is -0.176. The Morgan fingerprint density at radius 2 is 2.12 bits per heavy atom. The predicted molar refractivity (Wildman–Crippen MR) is 104 cm³/mol. The van der Waals surface area contributed by atoms with Crippen molar-refractivity contribution >= 4 is 39.2 Å². The lowest BCUT2D eigenvalue weighted by atomic mass is 10.2. The normalized spacial score (nSPS) is 11.1. The van der Waals surface area contributed by atoms with Crippen molar-refractivity contribution in [3.63, 3.8) is 0 Å². The Morgan fingerprint density at radius 1 is 1.28 bits per heavy atom. The molecule has 0 aliphatic carbocycles. The molecule has 0 atom stereocenters. The average Bonchev–Trinajstić information content (AvgIpc) is 3.03. The monoisotopic (exact) mass is 352 g/mol. The topological polar surface area (TPSA) is 51.2 Å². The first-order valence-corrected chi connectivity index (χ1v) is 9.05. The zero-order valence-electron chi connectivity index (χ0n) is 14.3. The third-order valence-electron chi connectivity index (χ3n) is 3.62. The predicted octanol–water partition coefficient (Wildman–Crippen LogP) is 5.05. The van der Waals surface area contributed by atoms with Gasteiger partial charge in [-0.25, -0.2) is 4.98 Å². The number of para-hydroxylation sites is 1. The van der Waals surface area contributed by atoms with E-state index in [0.717, 1.165) is 38.6 Å². The minimum absolute atomic E-state index is 0.176. The Bertz CT molecular complexity index is 882. The fourth-order valence-electron chi connectivity index (χ4n) is 2.37. The highest BCUT2D eigenvalue weighted by atomic mass is 32.1. The Hall–Kier alpha value is -2.66. The summed E-state index contributed by atoms with van der Waals surface area (Å²) in [5, 5.41) is 3.71. The van der Waals surface area contributed by atoms with E-state index in [1.165, 1.54) is 6.08 Å². The molecule has 0 saturated carbocycles. The van der Waals surface area contributed by atoms with E-state index in [2.05, 4.69) is 17.2 Å². The van der Waals surface area contributed by atoms with Gasteiger partial charge < -0.3 is 10.1 Å². The maximum Gasteiger partial charge on any atom is 0.248 e. The number of carbonyl (C=O) groups is 1. The van der Waals surface area contributed by atoms with E-state index in [0.29, 0.717) is 6.61 Å². The number of fused-ring (bicyclic) bond motifs is 1. The molecule has 4 nitrogen and oxygen atoms in total. The average molecular weight is 352 g/mol. The van der Waals surface area contributed by atoms with Crippen LogP contribution in [0.4, 0.5) is 5.69 Å². The van der Waals surface area contributed by atoms with Gasteiger partial charge in [-0.05, 0) is 55.3 Å². The molecule has 0 aliphatic rings. The van der Waals surface area contributed by atoms with Crippen LogP contribution in [0.25, 0.3) is 16.3 Å². The Kier molecular flexibility index (Phi) is 5.46. The molecular formula is C20H20N2O2S. The summed E-state index contributed by atoms with van der Waals surface area (Å²) in [5.74, 6) is 0.645. The van der Waals surface area contributed by atoms with Gasteiger partial charge in [-0.1, -0.05) is 19.1 Å². The zero-order valence-corrected chi connectivity index (χ0v) is 15.1. The lowest BCUT2D eigenvalue weighted by molar-refractivity contribution is -0.111. The fraction of sp³-hybridized carbons (Fsp3) is 0.200. The number of ether oxygens (including phenoxy) is 1. The fourth-order valence-corrected chi connectivity index (χ4v) is 3.24. The highest BCUT2D eigenvalue weighted by molar-refractivity contribution is 7.19. The van der Waals surface area contributed by atoms with Gasteiger partial charge in [0.25, 0.3) is 0 Å². The van der Waals surface area contributed by atoms with E-state index < -0.39 is 0 Å². The van der Waals surface area contributed by atoms with Gasteiger partial charge in [0.15, 0.2) is 0 Å². The zero-order chi connectivity index (χ0) is 17.6. The van der Waals surface area contributed by atoms with E-state index in [4.69, 9.17) is 4.74 Å². The van der Waals surface area contributed by atoms with E-state index in [-0.39, 0.29) is 5.91 Å². The number of nitrogens with one attached hydrogen (secondary N) is 1. The van der Waals surface area contributed by atoms with Crippen LogP contribution >= 0.6 is 11.3 Å². The van der Waals surface area contributed by atoms with E-state index in [1.807, 2.05) is 49.4 Å². The number of thiazole rings is 1. The summed E-state index contributed by atoms with van der Waals surface area (Å²) >= 11 is 1.56. The lowest BCUT2D eigenvalue weighted by Crippen LogP contribution is -2.09. The standard InChI is InChI=1S/C20H20N2O2S/c1-3-12-24-15-8-9-16(14(2)13-15)21-19(23)10-11-20-22-17-6-4-5-7-18(17)25-20/h4-11,13H,3,12H2,1-2H3,(H,21,23)/b11-10+. The molecule has 1 heterocycles. The maximum atomic E-state index is 12.2. The molecule has 25 heavy (non-hydrogen) atoms. The van der Waals surface area contributed by atoms with Gasteiger partial charge in [-0.15, -0.1) is 11.3 Å². The van der Waals surface area contributed by atoms with Crippen LogP contribution in [0.15, 0.2) is 48.5 Å². The third kappa shape index (κ3) is 4.45. The molecule has 0 bridgehead atoms. The second kappa shape index (κ2) is 7.94. The summed E-state index contributed by atoms with van der Waals surface area (Å²) in [7, 11) is 0. The van der Waals surface area contributed by atoms with Gasteiger partial charge in [-0.2, -0.15) is 0 Å². The number of amides is 1. The molecule has 2 aromatic carbocycles. The molecule has 0 fully saturated rings. The first-order chi connectivity index (χ1) is 12.2. The molecule has 0 unspecified atom stereocenters. The first-order valence-electron chi connectivity index (χ1n) is 8.24. The van der Waals surface area contributed by atoms with E-state index in [9.17, 15) is 4.79 Å². The molecule has 0 aliphatic heterocycles. The second-order valence-electron chi connectivity index (χ2n) is 5.67. The highest BCUT2D eigenvalue weighted by Gasteiger charge is 2.05. The van der Waals surface area contributed by atoms with Crippen LogP contribution in [0.3, 0.4) is 0 Å². The molecule has 3 rings (SSSR count). The number of hydrogen-bond donors (Lipinski definition) is 1. The van der Waals surface area contributed by atoms with Crippen LogP contribution in [-0.2, 0) is 4.79 Å². The van der Waals surface area contributed by atoms with Crippen LogP contribution in [0, 0.1) is 6.92 Å². The highest BCUT2D eigenvalue weighted by Crippen LogP contribution is 2.23. The quantitative estimate of drug-likeness (QED) is 0.632. The van der Waals surface area contributed by atoms with Crippen molar-refractivity contribution in [2.24, 2.45) is 0 Å². The molecule has 1 aromatic heterocycles. The molecule has 1 amide bonds. The van der Waals surface area contributed by atoms with Crippen LogP contribution in [0.1, 0.15) is 23.9 Å². The van der Waals surface area contributed by atoms with Crippen molar-refractivity contribution in [2.75, 3.05) is 11.9 Å². The van der Waals surface area contributed by atoms with Crippen LogP contribution < -0.4 is 10.1 Å². The van der Waals surface area contributed by atoms with Crippen LogP contribution in [0.5, 0.6) is 5.75 Å². The molecule has 3 aromatic rings. The SMILES string of the molecule is CCCOc1ccc(NC(=O)/C=C/c2nc3ccccc3s2)c(C)c1. The third-order valence-corrected chi connectivity index (χ3v) is 4.62. The van der Waals surface area contributed by atoms with Gasteiger partial charge in [0.2, 0.25) is 5.91 Å². The van der Waals surface area contributed by atoms with Crippen molar-refractivity contribution in [2.45, 2.75) is 20.3 Å². The lowest BCUT2D eigenvalue weighted by Gasteiger charge is -2.09. The molecular weight excluding hydrogens is 332 g/mol. The number of benzene rings is 2. The number of rotatable bonds is 6. The van der Waals surface area contributed by atoms with E-state index >= 15 is 0 Å². The number of nitrogens with zero attached hydrogens (tertiary/aromatic N) is 1. The molecule has 0 saturated heterocycles. The van der Waals surface area contributed by atoms with E-state index in [1.54, 1.807) is 17.4 Å². The largest absolute Gasteiger partial charge is 0.494 e. The van der Waals surface area contributed by atoms with Crippen molar-refractivity contribution in [1.82, 2.24) is 4.98 Å². The Balaban J connectivity index is 1.65. The summed E-state index contributed by atoms with van der Waals surface area (Å²) in [4.78, 5) is 16.6. The van der Waals surface area contributed by atoms with Crippen molar-refractivity contribution in [3.05, 3.63) is 59.1 Å². The number of hydrogen-bond acceptors (Lipinski definition) is 4. The summed E-state index contributed by atoms with van der Waals surface area (Å²) in [6.07, 6.45) is 4.22. The number of anilines is 1. The maximum absolute atomic E-state index is 12.2. The molecule has 1 N–H and O–H groups in total. The Morgan fingerprint density at radius 3 is 2.88 bits per heavy atom. The molecule has 128 valence electrons. The number of carbonyl (C=O) groups excluding carboxylic acids is 1.